The Morgan fingerprint density at radius 3 is 2.65 bits per heavy atom. The van der Waals surface area contributed by atoms with Gasteiger partial charge in [-0.25, -0.2) is 4.79 Å². The highest BCUT2D eigenvalue weighted by Crippen LogP contribution is 2.32. The molecule has 1 atom stereocenters. The lowest BCUT2D eigenvalue weighted by Gasteiger charge is -2.17. The largest absolute Gasteiger partial charge is 0.484 e. The van der Waals surface area contributed by atoms with Crippen LogP contribution in [0.15, 0.2) is 41.1 Å². The number of nitrogens with one attached hydrogen (secondary N) is 1. The lowest BCUT2D eigenvalue weighted by Crippen LogP contribution is -2.35. The van der Waals surface area contributed by atoms with Gasteiger partial charge in [0, 0.05) is 39.1 Å². The maximum atomic E-state index is 13.0. The molecule has 184 valence electrons. The van der Waals surface area contributed by atoms with Gasteiger partial charge in [-0.05, 0) is 50.0 Å². The Labute approximate surface area is 199 Å². The number of hydrogen-bond donors (Lipinski definition) is 1. The molecule has 34 heavy (non-hydrogen) atoms. The first-order valence-electron chi connectivity index (χ1n) is 11.4. The average Bonchev–Trinajstić information content (AvgIpc) is 3.44. The van der Waals surface area contributed by atoms with Crippen LogP contribution < -0.4 is 10.1 Å². The van der Waals surface area contributed by atoms with E-state index in [4.69, 9.17) is 18.9 Å². The average molecular weight is 473 g/mol. The first-order valence-corrected chi connectivity index (χ1v) is 11.4. The molecule has 2 heterocycles. The standard InChI is InChI=1S/C25H32N2O7/c1-17-23(25(30)32-3)21(24(29)27(17)11-5-12-31-2)14-18-7-9-19(10-8-18)34-16-22(28)26-15-20-6-4-13-33-20/h7-10,14,20H,4-6,11-13,15-16H2,1-3H3,(H,26,28)/b21-14-/t20-/m0/s1. The maximum absolute atomic E-state index is 13.0. The third kappa shape index (κ3) is 6.45. The molecule has 1 fully saturated rings. The van der Waals surface area contributed by atoms with E-state index in [1.807, 2.05) is 0 Å². The zero-order valence-electron chi connectivity index (χ0n) is 19.9. The minimum absolute atomic E-state index is 0.0815. The van der Waals surface area contributed by atoms with Crippen molar-refractivity contribution in [1.82, 2.24) is 10.2 Å². The Morgan fingerprint density at radius 1 is 1.24 bits per heavy atom. The summed E-state index contributed by atoms with van der Waals surface area (Å²) in [5.41, 5.74) is 1.82. The van der Waals surface area contributed by atoms with Crippen LogP contribution in [0, 0.1) is 0 Å². The lowest BCUT2D eigenvalue weighted by atomic mass is 10.0. The number of allylic oxidation sites excluding steroid dienone is 1. The molecule has 0 unspecified atom stereocenters. The number of carbonyl (C=O) groups is 3. The van der Waals surface area contributed by atoms with Crippen molar-refractivity contribution in [2.75, 3.05) is 47.1 Å². The molecule has 1 saturated heterocycles. The number of hydrogen-bond acceptors (Lipinski definition) is 7. The van der Waals surface area contributed by atoms with Crippen molar-refractivity contribution in [1.29, 1.82) is 0 Å². The minimum Gasteiger partial charge on any atom is -0.484 e. The molecule has 2 aliphatic heterocycles. The Morgan fingerprint density at radius 2 is 2.00 bits per heavy atom. The molecule has 2 amide bonds. The van der Waals surface area contributed by atoms with Gasteiger partial charge < -0.3 is 29.2 Å². The van der Waals surface area contributed by atoms with E-state index in [2.05, 4.69) is 5.32 Å². The van der Waals surface area contributed by atoms with Crippen molar-refractivity contribution in [2.45, 2.75) is 32.3 Å². The van der Waals surface area contributed by atoms with Gasteiger partial charge in [0.1, 0.15) is 5.75 Å². The summed E-state index contributed by atoms with van der Waals surface area (Å²) in [5.74, 6) is -0.499. The van der Waals surface area contributed by atoms with E-state index in [-0.39, 0.29) is 35.7 Å². The number of carbonyl (C=O) groups excluding carboxylic acids is 3. The van der Waals surface area contributed by atoms with E-state index in [0.29, 0.717) is 43.1 Å². The van der Waals surface area contributed by atoms with Gasteiger partial charge in [0.2, 0.25) is 0 Å². The van der Waals surface area contributed by atoms with Crippen molar-refractivity contribution < 1.29 is 33.3 Å². The molecule has 0 aromatic heterocycles. The van der Waals surface area contributed by atoms with Gasteiger partial charge in [0.25, 0.3) is 11.8 Å². The normalized spacial score (nSPS) is 19.1. The summed E-state index contributed by atoms with van der Waals surface area (Å²) >= 11 is 0. The molecule has 9 nitrogen and oxygen atoms in total. The quantitative estimate of drug-likeness (QED) is 0.299. The number of nitrogens with zero attached hydrogens (tertiary/aromatic N) is 1. The van der Waals surface area contributed by atoms with Crippen LogP contribution in [0.3, 0.4) is 0 Å². The number of methoxy groups -OCH3 is 2. The summed E-state index contributed by atoms with van der Waals surface area (Å²) < 4.78 is 21.0. The lowest BCUT2D eigenvalue weighted by molar-refractivity contribution is -0.136. The third-order valence-corrected chi connectivity index (χ3v) is 5.74. The number of ether oxygens (including phenoxy) is 4. The summed E-state index contributed by atoms with van der Waals surface area (Å²) in [7, 11) is 2.90. The van der Waals surface area contributed by atoms with Gasteiger partial charge >= 0.3 is 5.97 Å². The first kappa shape index (κ1) is 25.5. The highest BCUT2D eigenvalue weighted by molar-refractivity contribution is 6.16. The Bertz CT molecular complexity index is 947. The molecule has 2 aliphatic rings. The van der Waals surface area contributed by atoms with Gasteiger partial charge in [0.05, 0.1) is 24.4 Å². The SMILES string of the molecule is COCCCN1C(=O)/C(=C\c2ccc(OCC(=O)NC[C@@H]3CCCO3)cc2)C(C(=O)OC)=C1C. The Kier molecular flexibility index (Phi) is 9.24. The summed E-state index contributed by atoms with van der Waals surface area (Å²) in [6, 6.07) is 6.95. The molecule has 1 aromatic rings. The van der Waals surface area contributed by atoms with Crippen LogP contribution in [0.5, 0.6) is 5.75 Å². The second-order valence-electron chi connectivity index (χ2n) is 8.11. The molecular formula is C25H32N2O7. The van der Waals surface area contributed by atoms with Crippen LogP contribution in [-0.4, -0.2) is 75.9 Å². The fourth-order valence-electron chi connectivity index (χ4n) is 3.92. The van der Waals surface area contributed by atoms with Crippen LogP contribution in [0.2, 0.25) is 0 Å². The predicted octanol–water partition coefficient (Wildman–Crippen LogP) is 2.07. The van der Waals surface area contributed by atoms with E-state index >= 15 is 0 Å². The minimum atomic E-state index is -0.555. The number of rotatable bonds is 11. The second kappa shape index (κ2) is 12.3. The maximum Gasteiger partial charge on any atom is 0.340 e. The smallest absolute Gasteiger partial charge is 0.340 e. The molecule has 0 saturated carbocycles. The third-order valence-electron chi connectivity index (χ3n) is 5.74. The molecule has 0 radical (unpaired) electrons. The van der Waals surface area contributed by atoms with E-state index in [0.717, 1.165) is 19.4 Å². The second-order valence-corrected chi connectivity index (χ2v) is 8.11. The van der Waals surface area contributed by atoms with Crippen molar-refractivity contribution in [2.24, 2.45) is 0 Å². The molecular weight excluding hydrogens is 440 g/mol. The van der Waals surface area contributed by atoms with Crippen molar-refractivity contribution in [3.63, 3.8) is 0 Å². The van der Waals surface area contributed by atoms with Crippen LogP contribution in [0.1, 0.15) is 31.7 Å². The fraction of sp³-hybridized carbons (Fsp3) is 0.480. The summed E-state index contributed by atoms with van der Waals surface area (Å²) in [6.45, 7) is 3.82. The van der Waals surface area contributed by atoms with E-state index in [1.165, 1.54) is 7.11 Å². The Balaban J connectivity index is 1.63. The molecule has 0 bridgehead atoms. The van der Waals surface area contributed by atoms with Crippen molar-refractivity contribution >= 4 is 23.9 Å². The van der Waals surface area contributed by atoms with Gasteiger partial charge in [-0.2, -0.15) is 0 Å². The fourth-order valence-corrected chi connectivity index (χ4v) is 3.92. The molecule has 9 heteroatoms. The molecule has 3 rings (SSSR count). The van der Waals surface area contributed by atoms with E-state index < -0.39 is 5.97 Å². The monoisotopic (exact) mass is 472 g/mol. The van der Waals surface area contributed by atoms with Gasteiger partial charge in [0.15, 0.2) is 6.61 Å². The number of esters is 1. The molecule has 0 spiro atoms. The summed E-state index contributed by atoms with van der Waals surface area (Å²) in [5, 5.41) is 2.81. The van der Waals surface area contributed by atoms with Gasteiger partial charge in [-0.1, -0.05) is 12.1 Å². The van der Waals surface area contributed by atoms with Crippen LogP contribution in [-0.2, 0) is 28.6 Å². The van der Waals surface area contributed by atoms with E-state index in [1.54, 1.807) is 49.3 Å². The first-order chi connectivity index (χ1) is 16.4. The summed E-state index contributed by atoms with van der Waals surface area (Å²) in [4.78, 5) is 39.0. The molecule has 1 N–H and O–H groups in total. The molecule has 0 aliphatic carbocycles. The predicted molar refractivity (Wildman–Crippen MR) is 125 cm³/mol. The molecule has 1 aromatic carbocycles. The van der Waals surface area contributed by atoms with Crippen molar-refractivity contribution in [3.05, 3.63) is 46.7 Å². The summed E-state index contributed by atoms with van der Waals surface area (Å²) in [6.07, 6.45) is 4.37. The zero-order valence-corrected chi connectivity index (χ0v) is 19.9. The highest BCUT2D eigenvalue weighted by atomic mass is 16.5. The topological polar surface area (TPSA) is 103 Å². The van der Waals surface area contributed by atoms with Crippen LogP contribution in [0.4, 0.5) is 0 Å². The highest BCUT2D eigenvalue weighted by Gasteiger charge is 2.36. The van der Waals surface area contributed by atoms with Gasteiger partial charge in [-0.3, -0.25) is 9.59 Å². The van der Waals surface area contributed by atoms with Crippen LogP contribution >= 0.6 is 0 Å². The van der Waals surface area contributed by atoms with E-state index in [9.17, 15) is 14.4 Å². The Hall–Kier alpha value is -3.17. The zero-order chi connectivity index (χ0) is 24.5. The number of amides is 2. The van der Waals surface area contributed by atoms with Crippen molar-refractivity contribution in [3.8, 4) is 5.75 Å². The van der Waals surface area contributed by atoms with Crippen LogP contribution in [0.25, 0.3) is 6.08 Å². The number of benzene rings is 1. The van der Waals surface area contributed by atoms with Gasteiger partial charge in [-0.15, -0.1) is 0 Å².